The molecule has 33 heavy (non-hydrogen) atoms. The van der Waals surface area contributed by atoms with Crippen molar-refractivity contribution in [3.05, 3.63) is 24.3 Å². The van der Waals surface area contributed by atoms with E-state index in [0.29, 0.717) is 18.0 Å². The number of H-pyrrole nitrogens is 1. The van der Waals surface area contributed by atoms with Crippen molar-refractivity contribution in [3.8, 4) is 0 Å². The number of thioether (sulfide) groups is 1. The smallest absolute Gasteiger partial charge is 0.231 e. The van der Waals surface area contributed by atoms with E-state index in [1.807, 2.05) is 0 Å². The SMILES string of the molecule is CCSc1n[nH]c2nc(Nc3ccc(N4CCOCC4)cc3)nc(N[C@H]3CC[C@H](N)CC3)c12. The number of nitrogens with zero attached hydrogens (tertiary/aromatic N) is 4. The highest BCUT2D eigenvalue weighted by molar-refractivity contribution is 7.99. The standard InChI is InChI=1S/C23H32N8OS/c1-2-33-22-19-20(25-16-5-3-15(24)4-6-16)27-23(28-21(19)29-30-22)26-17-7-9-18(10-8-17)31-11-13-32-14-12-31/h7-10,15-16H,2-6,11-14,24H2,1H3,(H3,25,26,27,28,29,30)/t15-,16-. The molecular formula is C23H32N8OS. The molecule has 2 aromatic heterocycles. The van der Waals surface area contributed by atoms with Gasteiger partial charge < -0.3 is 26.0 Å². The molecule has 9 nitrogen and oxygen atoms in total. The van der Waals surface area contributed by atoms with Gasteiger partial charge in [0, 0.05) is 36.5 Å². The number of morpholine rings is 1. The predicted octanol–water partition coefficient (Wildman–Crippen LogP) is 3.73. The maximum absolute atomic E-state index is 6.11. The highest BCUT2D eigenvalue weighted by atomic mass is 32.2. The third-order valence-electron chi connectivity index (χ3n) is 6.28. The molecule has 0 unspecified atom stereocenters. The molecule has 5 rings (SSSR count). The van der Waals surface area contributed by atoms with Crippen LogP contribution in [0.2, 0.25) is 0 Å². The topological polar surface area (TPSA) is 117 Å². The normalized spacial score (nSPS) is 21.3. The fourth-order valence-corrected chi connectivity index (χ4v) is 5.19. The summed E-state index contributed by atoms with van der Waals surface area (Å²) in [4.78, 5) is 11.9. The van der Waals surface area contributed by atoms with Gasteiger partial charge in [-0.2, -0.15) is 15.1 Å². The van der Waals surface area contributed by atoms with Gasteiger partial charge in [-0.1, -0.05) is 6.92 Å². The van der Waals surface area contributed by atoms with Crippen LogP contribution in [0.3, 0.4) is 0 Å². The Morgan fingerprint density at radius 2 is 1.88 bits per heavy atom. The molecule has 176 valence electrons. The van der Waals surface area contributed by atoms with Crippen molar-refractivity contribution >= 4 is 45.9 Å². The molecule has 1 aromatic carbocycles. The van der Waals surface area contributed by atoms with Crippen molar-refractivity contribution in [2.24, 2.45) is 5.73 Å². The lowest BCUT2D eigenvalue weighted by atomic mass is 9.92. The summed E-state index contributed by atoms with van der Waals surface area (Å²) in [5.41, 5.74) is 8.99. The number of anilines is 4. The zero-order chi connectivity index (χ0) is 22.6. The van der Waals surface area contributed by atoms with Crippen molar-refractivity contribution in [3.63, 3.8) is 0 Å². The third kappa shape index (κ3) is 5.18. The van der Waals surface area contributed by atoms with Crippen molar-refractivity contribution < 1.29 is 4.74 Å². The minimum atomic E-state index is 0.311. The molecule has 5 N–H and O–H groups in total. The number of aromatic amines is 1. The van der Waals surface area contributed by atoms with Gasteiger partial charge in [0.1, 0.15) is 10.8 Å². The van der Waals surface area contributed by atoms with Crippen molar-refractivity contribution in [1.29, 1.82) is 0 Å². The number of aromatic nitrogens is 4. The van der Waals surface area contributed by atoms with Crippen molar-refractivity contribution in [2.75, 3.05) is 47.6 Å². The van der Waals surface area contributed by atoms with Gasteiger partial charge in [0.2, 0.25) is 5.95 Å². The minimum absolute atomic E-state index is 0.311. The van der Waals surface area contributed by atoms with Crippen LogP contribution in [-0.2, 0) is 4.74 Å². The van der Waals surface area contributed by atoms with E-state index in [1.165, 1.54) is 5.69 Å². The summed E-state index contributed by atoms with van der Waals surface area (Å²) < 4.78 is 5.45. The van der Waals surface area contributed by atoms with Crippen LogP contribution in [-0.4, -0.2) is 64.3 Å². The Morgan fingerprint density at radius 1 is 1.12 bits per heavy atom. The van der Waals surface area contributed by atoms with Gasteiger partial charge in [0.25, 0.3) is 0 Å². The molecule has 1 saturated carbocycles. The maximum Gasteiger partial charge on any atom is 0.231 e. The number of fused-ring (bicyclic) bond motifs is 1. The maximum atomic E-state index is 6.11. The molecule has 2 fully saturated rings. The lowest BCUT2D eigenvalue weighted by molar-refractivity contribution is 0.122. The first-order valence-corrected chi connectivity index (χ1v) is 12.8. The quantitative estimate of drug-likeness (QED) is 0.385. The van der Waals surface area contributed by atoms with Gasteiger partial charge in [-0.05, 0) is 55.7 Å². The lowest BCUT2D eigenvalue weighted by Gasteiger charge is -2.29. The van der Waals surface area contributed by atoms with Crippen LogP contribution in [0.4, 0.5) is 23.1 Å². The summed E-state index contributed by atoms with van der Waals surface area (Å²) in [5.74, 6) is 2.32. The fourth-order valence-electron chi connectivity index (χ4n) is 4.47. The van der Waals surface area contributed by atoms with E-state index in [2.05, 4.69) is 56.9 Å². The molecule has 1 aliphatic carbocycles. The first-order chi connectivity index (χ1) is 16.2. The fraction of sp³-hybridized carbons (Fsp3) is 0.522. The van der Waals surface area contributed by atoms with E-state index in [1.54, 1.807) is 11.8 Å². The van der Waals surface area contributed by atoms with E-state index < -0.39 is 0 Å². The summed E-state index contributed by atoms with van der Waals surface area (Å²) in [7, 11) is 0. The van der Waals surface area contributed by atoms with Crippen LogP contribution < -0.4 is 21.3 Å². The average molecular weight is 469 g/mol. The second-order valence-electron chi connectivity index (χ2n) is 8.61. The summed E-state index contributed by atoms with van der Waals surface area (Å²) in [5, 5.41) is 16.5. The van der Waals surface area contributed by atoms with E-state index in [9.17, 15) is 0 Å². The monoisotopic (exact) mass is 468 g/mol. The van der Waals surface area contributed by atoms with Gasteiger partial charge in [0.15, 0.2) is 5.65 Å². The Balaban J connectivity index is 1.38. The van der Waals surface area contributed by atoms with Gasteiger partial charge in [-0.3, -0.25) is 5.10 Å². The largest absolute Gasteiger partial charge is 0.378 e. The Labute approximate surface area is 198 Å². The van der Waals surface area contributed by atoms with Gasteiger partial charge in [-0.15, -0.1) is 11.8 Å². The molecular weight excluding hydrogens is 436 g/mol. The number of hydrogen-bond acceptors (Lipinski definition) is 9. The molecule has 10 heteroatoms. The number of nitrogens with two attached hydrogens (primary N) is 1. The molecule has 0 amide bonds. The Morgan fingerprint density at radius 3 is 2.61 bits per heavy atom. The highest BCUT2D eigenvalue weighted by Crippen LogP contribution is 2.33. The van der Waals surface area contributed by atoms with Crippen LogP contribution >= 0.6 is 11.8 Å². The molecule has 0 atom stereocenters. The third-order valence-corrected chi connectivity index (χ3v) is 7.14. The van der Waals surface area contributed by atoms with E-state index in [0.717, 1.165) is 85.3 Å². The summed E-state index contributed by atoms with van der Waals surface area (Å²) >= 11 is 1.70. The Hall–Kier alpha value is -2.56. The van der Waals surface area contributed by atoms with Crippen LogP contribution in [0.1, 0.15) is 32.6 Å². The summed E-state index contributed by atoms with van der Waals surface area (Å²) in [6.45, 7) is 5.52. The van der Waals surface area contributed by atoms with Gasteiger partial charge in [-0.25, -0.2) is 0 Å². The number of rotatable bonds is 7. The Bertz CT molecular complexity index is 1060. The molecule has 2 aliphatic rings. The minimum Gasteiger partial charge on any atom is -0.378 e. The number of nitrogens with one attached hydrogen (secondary N) is 3. The molecule has 1 saturated heterocycles. The average Bonchev–Trinajstić information content (AvgIpc) is 3.25. The molecule has 0 radical (unpaired) electrons. The van der Waals surface area contributed by atoms with Gasteiger partial charge in [0.05, 0.1) is 18.6 Å². The van der Waals surface area contributed by atoms with E-state index in [4.69, 9.17) is 20.4 Å². The van der Waals surface area contributed by atoms with Gasteiger partial charge >= 0.3 is 0 Å². The Kier molecular flexibility index (Phi) is 6.84. The predicted molar refractivity (Wildman–Crippen MR) is 135 cm³/mol. The first-order valence-electron chi connectivity index (χ1n) is 11.8. The zero-order valence-corrected chi connectivity index (χ0v) is 19.8. The lowest BCUT2D eigenvalue weighted by Crippen LogP contribution is -2.36. The second kappa shape index (κ2) is 10.1. The van der Waals surface area contributed by atoms with Crippen molar-refractivity contribution in [1.82, 2.24) is 20.2 Å². The van der Waals surface area contributed by atoms with E-state index in [-0.39, 0.29) is 0 Å². The number of benzene rings is 1. The number of hydrogen-bond donors (Lipinski definition) is 4. The van der Waals surface area contributed by atoms with Crippen LogP contribution in [0.25, 0.3) is 11.0 Å². The number of ether oxygens (including phenoxy) is 1. The summed E-state index contributed by atoms with van der Waals surface area (Å²) in [6, 6.07) is 9.06. The zero-order valence-electron chi connectivity index (χ0n) is 19.0. The molecule has 1 aliphatic heterocycles. The summed E-state index contributed by atoms with van der Waals surface area (Å²) in [6.07, 6.45) is 4.17. The first kappa shape index (κ1) is 22.2. The highest BCUT2D eigenvalue weighted by Gasteiger charge is 2.22. The van der Waals surface area contributed by atoms with Crippen molar-refractivity contribution in [2.45, 2.75) is 49.7 Å². The molecule has 0 spiro atoms. The van der Waals surface area contributed by atoms with Crippen LogP contribution in [0, 0.1) is 0 Å². The van der Waals surface area contributed by atoms with Crippen LogP contribution in [0.15, 0.2) is 29.3 Å². The molecule has 0 bridgehead atoms. The van der Waals surface area contributed by atoms with Crippen LogP contribution in [0.5, 0.6) is 0 Å². The van der Waals surface area contributed by atoms with E-state index >= 15 is 0 Å². The molecule has 3 aromatic rings. The second-order valence-corrected chi connectivity index (χ2v) is 9.86. The molecule has 3 heterocycles.